The maximum absolute atomic E-state index is 12.0. The van der Waals surface area contributed by atoms with Crippen molar-refractivity contribution in [2.75, 3.05) is 5.32 Å². The Morgan fingerprint density at radius 3 is 2.48 bits per heavy atom. The molecule has 112 valence electrons. The standard InChI is InChI=1S/C16H21N3OS/c1-3-5-6-12-7-9-13(10-8-12)11-14(20)17-16-19-18-15(4-2)21-16/h7-10H,3-6,11H2,1-2H3,(H,17,19,20). The predicted molar refractivity (Wildman–Crippen MR) is 86.7 cm³/mol. The summed E-state index contributed by atoms with van der Waals surface area (Å²) in [5, 5.41) is 12.3. The van der Waals surface area contributed by atoms with E-state index in [1.165, 1.54) is 29.7 Å². The zero-order valence-electron chi connectivity index (χ0n) is 12.6. The normalized spacial score (nSPS) is 10.6. The number of nitrogens with zero attached hydrogens (tertiary/aromatic N) is 2. The van der Waals surface area contributed by atoms with Gasteiger partial charge >= 0.3 is 0 Å². The van der Waals surface area contributed by atoms with Crippen LogP contribution in [0, 0.1) is 0 Å². The van der Waals surface area contributed by atoms with Gasteiger partial charge in [-0.15, -0.1) is 10.2 Å². The van der Waals surface area contributed by atoms with Gasteiger partial charge in [0.1, 0.15) is 5.01 Å². The molecular weight excluding hydrogens is 282 g/mol. The number of hydrogen-bond donors (Lipinski definition) is 1. The number of nitrogens with one attached hydrogen (secondary N) is 1. The minimum absolute atomic E-state index is 0.0462. The summed E-state index contributed by atoms with van der Waals surface area (Å²) in [4.78, 5) is 12.0. The first kappa shape index (κ1) is 15.6. The van der Waals surface area contributed by atoms with E-state index in [1.807, 2.05) is 19.1 Å². The quantitative estimate of drug-likeness (QED) is 0.850. The van der Waals surface area contributed by atoms with E-state index in [0.717, 1.165) is 23.4 Å². The van der Waals surface area contributed by atoms with Gasteiger partial charge in [0.15, 0.2) is 0 Å². The van der Waals surface area contributed by atoms with Crippen molar-refractivity contribution in [1.82, 2.24) is 10.2 Å². The van der Waals surface area contributed by atoms with E-state index < -0.39 is 0 Å². The fraction of sp³-hybridized carbons (Fsp3) is 0.438. The summed E-state index contributed by atoms with van der Waals surface area (Å²) in [5.74, 6) is -0.0462. The number of hydrogen-bond acceptors (Lipinski definition) is 4. The fourth-order valence-electron chi connectivity index (χ4n) is 2.00. The first-order valence-corrected chi connectivity index (χ1v) is 8.23. The summed E-state index contributed by atoms with van der Waals surface area (Å²) in [6, 6.07) is 8.28. The van der Waals surface area contributed by atoms with Crippen LogP contribution < -0.4 is 5.32 Å². The molecule has 0 saturated heterocycles. The van der Waals surface area contributed by atoms with Crippen LogP contribution in [-0.2, 0) is 24.1 Å². The third kappa shape index (κ3) is 4.93. The Kier molecular flexibility index (Phi) is 5.87. The van der Waals surface area contributed by atoms with Crippen LogP contribution in [-0.4, -0.2) is 16.1 Å². The average molecular weight is 303 g/mol. The molecule has 1 N–H and O–H groups in total. The smallest absolute Gasteiger partial charge is 0.230 e. The van der Waals surface area contributed by atoms with Crippen molar-refractivity contribution in [3.63, 3.8) is 0 Å². The van der Waals surface area contributed by atoms with Gasteiger partial charge in [-0.2, -0.15) is 0 Å². The second kappa shape index (κ2) is 7.88. The van der Waals surface area contributed by atoms with E-state index in [0.29, 0.717) is 11.6 Å². The number of amides is 1. The molecule has 0 aliphatic rings. The fourth-order valence-corrected chi connectivity index (χ4v) is 2.70. The van der Waals surface area contributed by atoms with Crippen LogP contribution in [0.15, 0.2) is 24.3 Å². The minimum Gasteiger partial charge on any atom is -0.300 e. The number of aromatic nitrogens is 2. The molecule has 0 spiro atoms. The van der Waals surface area contributed by atoms with E-state index in [9.17, 15) is 4.79 Å². The van der Waals surface area contributed by atoms with Crippen molar-refractivity contribution in [3.8, 4) is 0 Å². The maximum Gasteiger partial charge on any atom is 0.230 e. The largest absolute Gasteiger partial charge is 0.300 e. The highest BCUT2D eigenvalue weighted by molar-refractivity contribution is 7.15. The molecular formula is C16H21N3OS. The number of carbonyl (C=O) groups is 1. The summed E-state index contributed by atoms with van der Waals surface area (Å²) in [7, 11) is 0. The topological polar surface area (TPSA) is 54.9 Å². The lowest BCUT2D eigenvalue weighted by atomic mass is 10.0. The van der Waals surface area contributed by atoms with Crippen LogP contribution in [0.5, 0.6) is 0 Å². The number of aryl methyl sites for hydroxylation is 2. The summed E-state index contributed by atoms with van der Waals surface area (Å²) in [5.41, 5.74) is 2.35. The minimum atomic E-state index is -0.0462. The van der Waals surface area contributed by atoms with Crippen LogP contribution in [0.3, 0.4) is 0 Å². The lowest BCUT2D eigenvalue weighted by Crippen LogP contribution is -2.14. The molecule has 0 aliphatic heterocycles. The molecule has 1 amide bonds. The van der Waals surface area contributed by atoms with Crippen LogP contribution in [0.1, 0.15) is 42.8 Å². The van der Waals surface area contributed by atoms with E-state index in [2.05, 4.69) is 34.6 Å². The van der Waals surface area contributed by atoms with Crippen LogP contribution in [0.25, 0.3) is 0 Å². The molecule has 0 radical (unpaired) electrons. The Morgan fingerprint density at radius 2 is 1.86 bits per heavy atom. The van der Waals surface area contributed by atoms with Crippen molar-refractivity contribution in [2.24, 2.45) is 0 Å². The molecule has 2 aromatic rings. The summed E-state index contributed by atoms with van der Waals surface area (Å²) < 4.78 is 0. The number of unbranched alkanes of at least 4 members (excludes halogenated alkanes) is 1. The molecule has 21 heavy (non-hydrogen) atoms. The summed E-state index contributed by atoms with van der Waals surface area (Å²) in [6.45, 7) is 4.21. The lowest BCUT2D eigenvalue weighted by Gasteiger charge is -2.04. The number of anilines is 1. The van der Waals surface area contributed by atoms with Crippen LogP contribution in [0.2, 0.25) is 0 Å². The monoisotopic (exact) mass is 303 g/mol. The number of benzene rings is 1. The maximum atomic E-state index is 12.0. The SMILES string of the molecule is CCCCc1ccc(CC(=O)Nc2nnc(CC)s2)cc1. The average Bonchev–Trinajstić information content (AvgIpc) is 2.94. The van der Waals surface area contributed by atoms with Crippen LogP contribution >= 0.6 is 11.3 Å². The molecule has 0 atom stereocenters. The third-order valence-electron chi connectivity index (χ3n) is 3.22. The van der Waals surface area contributed by atoms with Crippen molar-refractivity contribution >= 4 is 22.4 Å². The molecule has 0 aliphatic carbocycles. The van der Waals surface area contributed by atoms with E-state index in [-0.39, 0.29) is 5.91 Å². The van der Waals surface area contributed by atoms with Gasteiger partial charge in [0.05, 0.1) is 6.42 Å². The number of rotatable bonds is 7. The zero-order valence-corrected chi connectivity index (χ0v) is 13.4. The summed E-state index contributed by atoms with van der Waals surface area (Å²) >= 11 is 1.43. The molecule has 0 bridgehead atoms. The van der Waals surface area contributed by atoms with Gasteiger partial charge < -0.3 is 5.32 Å². The predicted octanol–water partition coefficient (Wildman–Crippen LogP) is 3.62. The molecule has 2 rings (SSSR count). The van der Waals surface area contributed by atoms with Crippen molar-refractivity contribution in [1.29, 1.82) is 0 Å². The molecule has 5 heteroatoms. The van der Waals surface area contributed by atoms with Gasteiger partial charge in [-0.25, -0.2) is 0 Å². The second-order valence-corrected chi connectivity index (χ2v) is 6.06. The Hall–Kier alpha value is -1.75. The van der Waals surface area contributed by atoms with E-state index in [4.69, 9.17) is 0 Å². The Bertz CT molecular complexity index is 577. The summed E-state index contributed by atoms with van der Waals surface area (Å²) in [6.07, 6.45) is 4.72. The highest BCUT2D eigenvalue weighted by Gasteiger charge is 2.08. The van der Waals surface area contributed by atoms with E-state index >= 15 is 0 Å². The molecule has 0 unspecified atom stereocenters. The first-order chi connectivity index (χ1) is 10.2. The highest BCUT2D eigenvalue weighted by Crippen LogP contribution is 2.16. The molecule has 0 saturated carbocycles. The van der Waals surface area contributed by atoms with Crippen molar-refractivity contribution in [3.05, 3.63) is 40.4 Å². The van der Waals surface area contributed by atoms with Gasteiger partial charge in [-0.05, 0) is 30.4 Å². The second-order valence-electron chi connectivity index (χ2n) is 5.00. The third-order valence-corrected chi connectivity index (χ3v) is 4.21. The van der Waals surface area contributed by atoms with Gasteiger partial charge in [0.2, 0.25) is 11.0 Å². The van der Waals surface area contributed by atoms with Gasteiger partial charge in [-0.1, -0.05) is 55.9 Å². The Morgan fingerprint density at radius 1 is 1.14 bits per heavy atom. The highest BCUT2D eigenvalue weighted by atomic mass is 32.1. The molecule has 1 aromatic carbocycles. The lowest BCUT2D eigenvalue weighted by molar-refractivity contribution is -0.115. The first-order valence-electron chi connectivity index (χ1n) is 7.41. The van der Waals surface area contributed by atoms with E-state index in [1.54, 1.807) is 0 Å². The molecule has 0 fully saturated rings. The van der Waals surface area contributed by atoms with Crippen molar-refractivity contribution in [2.45, 2.75) is 46.0 Å². The molecule has 4 nitrogen and oxygen atoms in total. The zero-order chi connectivity index (χ0) is 15.1. The Balaban J connectivity index is 1.87. The van der Waals surface area contributed by atoms with Gasteiger partial charge in [-0.3, -0.25) is 4.79 Å². The van der Waals surface area contributed by atoms with Gasteiger partial charge in [0, 0.05) is 0 Å². The number of carbonyl (C=O) groups excluding carboxylic acids is 1. The van der Waals surface area contributed by atoms with Crippen LogP contribution in [0.4, 0.5) is 5.13 Å². The Labute approximate surface area is 129 Å². The van der Waals surface area contributed by atoms with Gasteiger partial charge in [0.25, 0.3) is 0 Å². The van der Waals surface area contributed by atoms with Crippen molar-refractivity contribution < 1.29 is 4.79 Å². The molecule has 1 aromatic heterocycles. The molecule has 1 heterocycles.